The van der Waals surface area contributed by atoms with E-state index in [0.717, 1.165) is 39.0 Å². The topological polar surface area (TPSA) is 107 Å². The number of hydrogen-bond acceptors (Lipinski definition) is 4. The van der Waals surface area contributed by atoms with E-state index in [1.54, 1.807) is 35.4 Å². The summed E-state index contributed by atoms with van der Waals surface area (Å²) in [6.45, 7) is 1.98. The molecule has 3 heterocycles. The summed E-state index contributed by atoms with van der Waals surface area (Å²) in [7, 11) is 0. The van der Waals surface area contributed by atoms with Crippen molar-refractivity contribution in [1.82, 2.24) is 19.5 Å². The molecule has 3 aromatic heterocycles. The minimum atomic E-state index is -0.509. The minimum Gasteiger partial charge on any atom is -0.366 e. The predicted molar refractivity (Wildman–Crippen MR) is 141 cm³/mol. The van der Waals surface area contributed by atoms with Gasteiger partial charge in [0.1, 0.15) is 6.33 Å². The van der Waals surface area contributed by atoms with Gasteiger partial charge < -0.3 is 10.7 Å². The van der Waals surface area contributed by atoms with E-state index in [9.17, 15) is 9.59 Å². The highest BCUT2D eigenvalue weighted by molar-refractivity contribution is 6.10. The number of nitrogens with one attached hydrogen (secondary N) is 1. The lowest BCUT2D eigenvalue weighted by Gasteiger charge is -2.15. The van der Waals surface area contributed by atoms with E-state index < -0.39 is 5.91 Å². The Bertz CT molecular complexity index is 1850. The molecule has 3 aromatic carbocycles. The maximum Gasteiger partial charge on any atom is 0.265 e. The first kappa shape index (κ1) is 21.5. The van der Waals surface area contributed by atoms with Gasteiger partial charge in [0, 0.05) is 29.0 Å². The van der Waals surface area contributed by atoms with Crippen LogP contribution in [-0.4, -0.2) is 25.4 Å². The monoisotopic (exact) mass is 471 g/mol. The van der Waals surface area contributed by atoms with Crippen LogP contribution in [0.25, 0.3) is 49.9 Å². The van der Waals surface area contributed by atoms with Gasteiger partial charge >= 0.3 is 0 Å². The number of nitrogens with zero attached hydrogens (tertiary/aromatic N) is 3. The quantitative estimate of drug-likeness (QED) is 0.377. The average Bonchev–Trinajstić information content (AvgIpc) is 3.35. The number of hydrogen-bond donors (Lipinski definition) is 2. The zero-order valence-electron chi connectivity index (χ0n) is 19.4. The van der Waals surface area contributed by atoms with E-state index in [2.05, 4.69) is 15.0 Å². The Balaban J connectivity index is 1.58. The van der Waals surface area contributed by atoms with E-state index >= 15 is 0 Å². The number of carbonyl (C=O) groups is 1. The van der Waals surface area contributed by atoms with E-state index in [4.69, 9.17) is 5.73 Å². The van der Waals surface area contributed by atoms with Gasteiger partial charge in [0.15, 0.2) is 0 Å². The molecule has 0 unspecified atom stereocenters. The second kappa shape index (κ2) is 8.32. The minimum absolute atomic E-state index is 0.129. The standard InChI is InChI=1S/C29H21N5O2/c1-17-19(8-4-10-26(17)34-16-32-24-9-3-2-7-21(24)29(34)36)20-11-12-22(28(30)35)27-23(20)14-25(33-27)18-6-5-13-31-15-18/h2-16,33H,1H3,(H2,30,35). The van der Waals surface area contributed by atoms with E-state index in [0.29, 0.717) is 22.0 Å². The molecule has 6 aromatic rings. The van der Waals surface area contributed by atoms with Gasteiger partial charge in [0.05, 0.1) is 27.7 Å². The number of fused-ring (bicyclic) bond motifs is 2. The van der Waals surface area contributed by atoms with E-state index in [1.807, 2.05) is 67.6 Å². The molecule has 0 saturated carbocycles. The molecule has 3 N–H and O–H groups in total. The molecule has 0 radical (unpaired) electrons. The van der Waals surface area contributed by atoms with E-state index in [1.165, 1.54) is 0 Å². The number of para-hydroxylation sites is 1. The number of primary amides is 1. The Hall–Kier alpha value is -5.04. The largest absolute Gasteiger partial charge is 0.366 e. The fraction of sp³-hybridized carbons (Fsp3) is 0.0345. The average molecular weight is 472 g/mol. The van der Waals surface area contributed by atoms with Crippen molar-refractivity contribution < 1.29 is 4.79 Å². The van der Waals surface area contributed by atoms with Crippen molar-refractivity contribution in [2.24, 2.45) is 5.73 Å². The van der Waals surface area contributed by atoms with Crippen LogP contribution in [0.3, 0.4) is 0 Å². The van der Waals surface area contributed by atoms with Gasteiger partial charge in [-0.25, -0.2) is 4.98 Å². The highest BCUT2D eigenvalue weighted by atomic mass is 16.1. The van der Waals surface area contributed by atoms with Gasteiger partial charge in [0.2, 0.25) is 0 Å². The fourth-order valence-electron chi connectivity index (χ4n) is 4.75. The van der Waals surface area contributed by atoms with Crippen LogP contribution in [0.5, 0.6) is 0 Å². The van der Waals surface area contributed by atoms with Crippen molar-refractivity contribution in [2.45, 2.75) is 6.92 Å². The molecule has 36 heavy (non-hydrogen) atoms. The van der Waals surface area contributed by atoms with E-state index in [-0.39, 0.29) is 5.56 Å². The van der Waals surface area contributed by atoms with Crippen molar-refractivity contribution in [2.75, 3.05) is 0 Å². The number of pyridine rings is 1. The molecule has 0 spiro atoms. The molecular formula is C29H21N5O2. The Labute approximate surface area is 205 Å². The maximum atomic E-state index is 13.3. The first-order valence-electron chi connectivity index (χ1n) is 11.5. The Morgan fingerprint density at radius 1 is 0.944 bits per heavy atom. The summed E-state index contributed by atoms with van der Waals surface area (Å²) in [5.74, 6) is -0.509. The van der Waals surface area contributed by atoms with Gasteiger partial charge in [-0.3, -0.25) is 19.1 Å². The van der Waals surface area contributed by atoms with Gasteiger partial charge in [0.25, 0.3) is 11.5 Å². The number of benzene rings is 3. The lowest BCUT2D eigenvalue weighted by Crippen LogP contribution is -2.19. The summed E-state index contributed by atoms with van der Waals surface area (Å²) in [4.78, 5) is 37.5. The molecule has 0 bridgehead atoms. The number of carbonyl (C=O) groups excluding carboxylic acids is 1. The lowest BCUT2D eigenvalue weighted by molar-refractivity contribution is 0.100. The normalized spacial score (nSPS) is 11.2. The van der Waals surface area contributed by atoms with Crippen molar-refractivity contribution in [3.63, 3.8) is 0 Å². The van der Waals surface area contributed by atoms with Gasteiger partial charge in [-0.1, -0.05) is 30.3 Å². The molecule has 0 aliphatic carbocycles. The van der Waals surface area contributed by atoms with Crippen molar-refractivity contribution >= 4 is 27.7 Å². The van der Waals surface area contributed by atoms with Crippen molar-refractivity contribution in [3.8, 4) is 28.1 Å². The van der Waals surface area contributed by atoms with Crippen LogP contribution in [0, 0.1) is 6.92 Å². The number of nitrogens with two attached hydrogens (primary N) is 1. The number of amides is 1. The summed E-state index contributed by atoms with van der Waals surface area (Å²) in [6.07, 6.45) is 5.05. The number of rotatable bonds is 4. The van der Waals surface area contributed by atoms with Crippen LogP contribution in [0.1, 0.15) is 15.9 Å². The molecule has 1 amide bonds. The number of aromatic amines is 1. The highest BCUT2D eigenvalue weighted by Crippen LogP contribution is 2.36. The summed E-state index contributed by atoms with van der Waals surface area (Å²) in [5, 5.41) is 1.42. The SMILES string of the molecule is Cc1c(-c2ccc(C(N)=O)c3[nH]c(-c4cccnc4)cc23)cccc1-n1cnc2ccccc2c1=O. The third kappa shape index (κ3) is 3.37. The summed E-state index contributed by atoms with van der Waals surface area (Å²) in [6, 6.07) is 22.6. The molecule has 6 rings (SSSR count). The number of H-pyrrole nitrogens is 1. The Morgan fingerprint density at radius 3 is 2.61 bits per heavy atom. The van der Waals surface area contributed by atoms with Crippen LogP contribution < -0.4 is 11.3 Å². The van der Waals surface area contributed by atoms with Crippen LogP contribution >= 0.6 is 0 Å². The van der Waals surface area contributed by atoms with Crippen LogP contribution in [-0.2, 0) is 0 Å². The third-order valence-electron chi connectivity index (χ3n) is 6.55. The Kier molecular flexibility index (Phi) is 4.97. The zero-order valence-corrected chi connectivity index (χ0v) is 19.4. The molecule has 174 valence electrons. The highest BCUT2D eigenvalue weighted by Gasteiger charge is 2.18. The number of aromatic nitrogens is 4. The van der Waals surface area contributed by atoms with Crippen molar-refractivity contribution in [1.29, 1.82) is 0 Å². The fourth-order valence-corrected chi connectivity index (χ4v) is 4.75. The summed E-state index contributed by atoms with van der Waals surface area (Å²) < 4.78 is 1.58. The summed E-state index contributed by atoms with van der Waals surface area (Å²) >= 11 is 0. The first-order valence-corrected chi connectivity index (χ1v) is 11.5. The molecule has 7 heteroatoms. The van der Waals surface area contributed by atoms with Crippen LogP contribution in [0.2, 0.25) is 0 Å². The third-order valence-corrected chi connectivity index (χ3v) is 6.55. The van der Waals surface area contributed by atoms with Gasteiger partial charge in [-0.2, -0.15) is 0 Å². The molecule has 7 nitrogen and oxygen atoms in total. The molecule has 0 aliphatic rings. The predicted octanol–water partition coefficient (Wildman–Crippen LogP) is 5.00. The molecule has 0 atom stereocenters. The zero-order chi connectivity index (χ0) is 24.8. The van der Waals surface area contributed by atoms with Crippen LogP contribution in [0.4, 0.5) is 0 Å². The Morgan fingerprint density at radius 2 is 1.81 bits per heavy atom. The first-order chi connectivity index (χ1) is 17.5. The smallest absolute Gasteiger partial charge is 0.265 e. The molecule has 0 saturated heterocycles. The lowest BCUT2D eigenvalue weighted by atomic mass is 9.94. The molecule has 0 aliphatic heterocycles. The maximum absolute atomic E-state index is 13.3. The molecule has 0 fully saturated rings. The van der Waals surface area contributed by atoms with Gasteiger partial charge in [-0.15, -0.1) is 0 Å². The second-order valence-corrected chi connectivity index (χ2v) is 8.62. The van der Waals surface area contributed by atoms with Gasteiger partial charge in [-0.05, 0) is 66.1 Å². The second-order valence-electron chi connectivity index (χ2n) is 8.62. The molecular weight excluding hydrogens is 450 g/mol. The van der Waals surface area contributed by atoms with Crippen LogP contribution in [0.15, 0.2) is 96.3 Å². The summed E-state index contributed by atoms with van der Waals surface area (Å²) in [5.41, 5.74) is 12.5. The van der Waals surface area contributed by atoms with Crippen molar-refractivity contribution in [3.05, 3.63) is 113 Å².